The highest BCUT2D eigenvalue weighted by atomic mass is 35.5. The summed E-state index contributed by atoms with van der Waals surface area (Å²) in [5.74, 6) is -1.37. The Balaban J connectivity index is 2.21. The number of benzene rings is 1. The Hall–Kier alpha value is -1.59. The lowest BCUT2D eigenvalue weighted by Gasteiger charge is -2.40. The monoisotopic (exact) mass is 380 g/mol. The molecule has 0 radical (unpaired) electrons. The highest BCUT2D eigenvalue weighted by Gasteiger charge is 2.37. The van der Waals surface area contributed by atoms with Gasteiger partial charge in [-0.25, -0.2) is 0 Å². The largest absolute Gasteiger partial charge is 0.383 e. The first-order chi connectivity index (χ1) is 12.3. The number of nitrogens with two attached hydrogens (primary N) is 1. The average molecular weight is 381 g/mol. The molecule has 1 saturated carbocycles. The van der Waals surface area contributed by atoms with Crippen molar-refractivity contribution in [3.8, 4) is 0 Å². The minimum Gasteiger partial charge on any atom is -0.383 e. The number of carbonyl (C=O) groups is 2. The minimum absolute atomic E-state index is 0.0133. The van der Waals surface area contributed by atoms with Crippen molar-refractivity contribution >= 4 is 23.4 Å². The number of primary amides is 1. The van der Waals surface area contributed by atoms with Crippen LogP contribution in [0.3, 0.4) is 0 Å². The van der Waals surface area contributed by atoms with Crippen LogP contribution in [0.2, 0.25) is 5.02 Å². The number of aliphatic hydroxyl groups excluding tert-OH is 1. The molecule has 4 N–H and O–H groups in total. The van der Waals surface area contributed by atoms with E-state index in [4.69, 9.17) is 17.3 Å². The molecule has 1 aromatic rings. The van der Waals surface area contributed by atoms with Crippen molar-refractivity contribution in [1.29, 1.82) is 0 Å². The Labute approximate surface area is 160 Å². The molecule has 0 saturated heterocycles. The molecule has 0 heterocycles. The first kappa shape index (κ1) is 20.7. The Morgan fingerprint density at radius 3 is 2.38 bits per heavy atom. The molecule has 2 unspecified atom stereocenters. The molecule has 6 heteroatoms. The molecular formula is C20H29ClN2O3. The summed E-state index contributed by atoms with van der Waals surface area (Å²) in [7, 11) is 1.58. The SMILES string of the molecule is CNC(=O)C(CC(O)C(N)=O)CC1(Cc2ccc(Cl)cc2)CCCCC1. The zero-order valence-corrected chi connectivity index (χ0v) is 16.1. The lowest BCUT2D eigenvalue weighted by atomic mass is 9.65. The van der Waals surface area contributed by atoms with E-state index in [0.717, 1.165) is 32.1 Å². The van der Waals surface area contributed by atoms with Gasteiger partial charge in [0.1, 0.15) is 6.10 Å². The maximum atomic E-state index is 12.4. The third kappa shape index (κ3) is 5.71. The van der Waals surface area contributed by atoms with E-state index in [1.165, 1.54) is 12.0 Å². The van der Waals surface area contributed by atoms with Crippen LogP contribution in [0.15, 0.2) is 24.3 Å². The molecule has 2 atom stereocenters. The van der Waals surface area contributed by atoms with Crippen LogP contribution in [-0.2, 0) is 16.0 Å². The second-order valence-electron chi connectivity index (χ2n) is 7.53. The maximum absolute atomic E-state index is 12.4. The fourth-order valence-electron chi connectivity index (χ4n) is 4.19. The molecule has 0 aliphatic heterocycles. The number of carbonyl (C=O) groups excluding carboxylic acids is 2. The molecule has 1 aromatic carbocycles. The van der Waals surface area contributed by atoms with Crippen LogP contribution in [0, 0.1) is 11.3 Å². The van der Waals surface area contributed by atoms with Gasteiger partial charge in [-0.15, -0.1) is 0 Å². The number of amides is 2. The predicted molar refractivity (Wildman–Crippen MR) is 103 cm³/mol. The van der Waals surface area contributed by atoms with Gasteiger partial charge in [-0.3, -0.25) is 9.59 Å². The second kappa shape index (κ2) is 9.38. The van der Waals surface area contributed by atoms with Crippen LogP contribution in [0.25, 0.3) is 0 Å². The molecule has 0 aromatic heterocycles. The van der Waals surface area contributed by atoms with Gasteiger partial charge in [0.05, 0.1) is 0 Å². The van der Waals surface area contributed by atoms with Crippen LogP contribution in [0.4, 0.5) is 0 Å². The lowest BCUT2D eigenvalue weighted by molar-refractivity contribution is -0.131. The number of hydrogen-bond donors (Lipinski definition) is 3. The fourth-order valence-corrected chi connectivity index (χ4v) is 4.31. The highest BCUT2D eigenvalue weighted by molar-refractivity contribution is 6.30. The molecule has 5 nitrogen and oxygen atoms in total. The van der Waals surface area contributed by atoms with Gasteiger partial charge in [-0.1, -0.05) is 43.0 Å². The fraction of sp³-hybridized carbons (Fsp3) is 0.600. The minimum atomic E-state index is -1.30. The molecular weight excluding hydrogens is 352 g/mol. The Morgan fingerprint density at radius 1 is 1.23 bits per heavy atom. The molecule has 2 rings (SSSR count). The third-order valence-electron chi connectivity index (χ3n) is 5.54. The van der Waals surface area contributed by atoms with Crippen LogP contribution >= 0.6 is 11.6 Å². The predicted octanol–water partition coefficient (Wildman–Crippen LogP) is 2.82. The van der Waals surface area contributed by atoms with Crippen molar-refractivity contribution in [3.63, 3.8) is 0 Å². The zero-order chi connectivity index (χ0) is 19.2. The summed E-state index contributed by atoms with van der Waals surface area (Å²) in [6.07, 6.45) is 5.82. The first-order valence-corrected chi connectivity index (χ1v) is 9.66. The van der Waals surface area contributed by atoms with E-state index < -0.39 is 17.9 Å². The number of halogens is 1. The van der Waals surface area contributed by atoms with Crippen molar-refractivity contribution in [2.24, 2.45) is 17.1 Å². The number of hydrogen-bond acceptors (Lipinski definition) is 3. The summed E-state index contributed by atoms with van der Waals surface area (Å²) in [5, 5.41) is 13.3. The third-order valence-corrected chi connectivity index (χ3v) is 5.79. The summed E-state index contributed by atoms with van der Waals surface area (Å²) < 4.78 is 0. The van der Waals surface area contributed by atoms with Crippen molar-refractivity contribution < 1.29 is 14.7 Å². The lowest BCUT2D eigenvalue weighted by Crippen LogP contribution is -2.39. The molecule has 1 fully saturated rings. The Morgan fingerprint density at radius 2 is 1.85 bits per heavy atom. The van der Waals surface area contributed by atoms with Gasteiger partial charge in [0, 0.05) is 18.0 Å². The van der Waals surface area contributed by atoms with E-state index in [1.807, 2.05) is 24.3 Å². The summed E-state index contributed by atoms with van der Waals surface area (Å²) >= 11 is 6.00. The summed E-state index contributed by atoms with van der Waals surface area (Å²) in [6.45, 7) is 0. The zero-order valence-electron chi connectivity index (χ0n) is 15.3. The molecule has 0 bridgehead atoms. The topological polar surface area (TPSA) is 92.4 Å². The molecule has 2 amide bonds. The van der Waals surface area contributed by atoms with Crippen LogP contribution in [0.5, 0.6) is 0 Å². The van der Waals surface area contributed by atoms with E-state index in [9.17, 15) is 14.7 Å². The molecule has 1 aliphatic carbocycles. The van der Waals surface area contributed by atoms with Crippen molar-refractivity contribution in [2.45, 2.75) is 57.5 Å². The average Bonchev–Trinajstić information content (AvgIpc) is 2.63. The first-order valence-electron chi connectivity index (χ1n) is 9.29. The van der Waals surface area contributed by atoms with Gasteiger partial charge in [0.15, 0.2) is 0 Å². The number of rotatable bonds is 8. The molecule has 0 spiro atoms. The van der Waals surface area contributed by atoms with E-state index in [2.05, 4.69) is 5.32 Å². The second-order valence-corrected chi connectivity index (χ2v) is 7.97. The Kier molecular flexibility index (Phi) is 7.47. The molecule has 1 aliphatic rings. The smallest absolute Gasteiger partial charge is 0.246 e. The van der Waals surface area contributed by atoms with Crippen LogP contribution in [0.1, 0.15) is 50.5 Å². The quantitative estimate of drug-likeness (QED) is 0.647. The van der Waals surface area contributed by atoms with Gasteiger partial charge in [0.25, 0.3) is 0 Å². The summed E-state index contributed by atoms with van der Waals surface area (Å²) in [4.78, 5) is 23.7. The van der Waals surface area contributed by atoms with Crippen molar-refractivity contribution in [3.05, 3.63) is 34.9 Å². The highest BCUT2D eigenvalue weighted by Crippen LogP contribution is 2.45. The Bertz CT molecular complexity index is 612. The van der Waals surface area contributed by atoms with Crippen molar-refractivity contribution in [1.82, 2.24) is 5.32 Å². The van der Waals surface area contributed by atoms with Crippen LogP contribution in [-0.4, -0.2) is 30.1 Å². The van der Waals surface area contributed by atoms with Gasteiger partial charge in [-0.2, -0.15) is 0 Å². The standard InChI is InChI=1S/C20H29ClN2O3/c1-23-19(26)15(11-17(24)18(22)25)13-20(9-3-2-4-10-20)12-14-5-7-16(21)8-6-14/h5-8,15,17,24H,2-4,9-13H2,1H3,(H2,22,25)(H,23,26). The van der Waals surface area contributed by atoms with Gasteiger partial charge in [0.2, 0.25) is 11.8 Å². The van der Waals surface area contributed by atoms with Gasteiger partial charge >= 0.3 is 0 Å². The van der Waals surface area contributed by atoms with E-state index in [1.54, 1.807) is 7.05 Å². The number of aliphatic hydroxyl groups is 1. The van der Waals surface area contributed by atoms with Crippen molar-refractivity contribution in [2.75, 3.05) is 7.05 Å². The maximum Gasteiger partial charge on any atom is 0.246 e. The normalized spacial score (nSPS) is 18.7. The molecule has 26 heavy (non-hydrogen) atoms. The number of nitrogens with one attached hydrogen (secondary N) is 1. The molecule has 144 valence electrons. The summed E-state index contributed by atoms with van der Waals surface area (Å²) in [5.41, 5.74) is 6.38. The van der Waals surface area contributed by atoms with Gasteiger partial charge < -0.3 is 16.2 Å². The van der Waals surface area contributed by atoms with E-state index in [-0.39, 0.29) is 17.7 Å². The van der Waals surface area contributed by atoms with Gasteiger partial charge in [-0.05, 0) is 55.2 Å². The van der Waals surface area contributed by atoms with E-state index >= 15 is 0 Å². The van der Waals surface area contributed by atoms with E-state index in [0.29, 0.717) is 11.4 Å². The summed E-state index contributed by atoms with van der Waals surface area (Å²) in [6, 6.07) is 7.85. The van der Waals surface area contributed by atoms with Crippen LogP contribution < -0.4 is 11.1 Å².